The SMILES string of the molecule is CC(C)(C)c1ccc(C(=O)Nc2ccc(S(=O)(=O)Nc3ccccc3)cc2)cc1. The van der Waals surface area contributed by atoms with E-state index in [1.54, 1.807) is 48.5 Å². The molecule has 0 unspecified atom stereocenters. The van der Waals surface area contributed by atoms with Crippen molar-refractivity contribution in [2.75, 3.05) is 10.0 Å². The fourth-order valence-electron chi connectivity index (χ4n) is 2.76. The van der Waals surface area contributed by atoms with E-state index in [4.69, 9.17) is 0 Å². The molecule has 0 aromatic heterocycles. The fourth-order valence-corrected chi connectivity index (χ4v) is 3.82. The second kappa shape index (κ2) is 8.09. The molecule has 2 N–H and O–H groups in total. The van der Waals surface area contributed by atoms with Gasteiger partial charge >= 0.3 is 0 Å². The lowest BCUT2D eigenvalue weighted by atomic mass is 9.87. The van der Waals surface area contributed by atoms with Gasteiger partial charge in [0.25, 0.3) is 15.9 Å². The minimum atomic E-state index is -3.69. The van der Waals surface area contributed by atoms with Crippen LogP contribution in [0.15, 0.2) is 83.8 Å². The molecule has 0 fully saturated rings. The third-order valence-electron chi connectivity index (χ3n) is 4.46. The van der Waals surface area contributed by atoms with Crippen molar-refractivity contribution in [2.24, 2.45) is 0 Å². The number of amides is 1. The van der Waals surface area contributed by atoms with Crippen LogP contribution in [0.25, 0.3) is 0 Å². The minimum Gasteiger partial charge on any atom is -0.322 e. The number of rotatable bonds is 5. The third kappa shape index (κ3) is 5.23. The molecule has 5 nitrogen and oxygen atoms in total. The van der Waals surface area contributed by atoms with E-state index in [9.17, 15) is 13.2 Å². The van der Waals surface area contributed by atoms with Gasteiger partial charge in [-0.2, -0.15) is 0 Å². The van der Waals surface area contributed by atoms with Crippen molar-refractivity contribution in [3.8, 4) is 0 Å². The zero-order chi connectivity index (χ0) is 21.1. The Labute approximate surface area is 171 Å². The average Bonchev–Trinajstić information content (AvgIpc) is 2.68. The Kier molecular flexibility index (Phi) is 5.75. The molecule has 0 bridgehead atoms. The van der Waals surface area contributed by atoms with Gasteiger partial charge in [-0.15, -0.1) is 0 Å². The number of benzene rings is 3. The molecule has 0 saturated heterocycles. The van der Waals surface area contributed by atoms with Crippen molar-refractivity contribution < 1.29 is 13.2 Å². The molecule has 150 valence electrons. The van der Waals surface area contributed by atoms with E-state index in [0.29, 0.717) is 16.9 Å². The molecule has 1 amide bonds. The first-order chi connectivity index (χ1) is 13.6. The van der Waals surface area contributed by atoms with E-state index >= 15 is 0 Å². The Morgan fingerprint density at radius 3 is 1.90 bits per heavy atom. The summed E-state index contributed by atoms with van der Waals surface area (Å²) in [6, 6.07) is 22.2. The second-order valence-corrected chi connectivity index (χ2v) is 9.46. The number of hydrogen-bond acceptors (Lipinski definition) is 3. The minimum absolute atomic E-state index is 0.0180. The maximum atomic E-state index is 12.5. The Morgan fingerprint density at radius 1 is 0.759 bits per heavy atom. The van der Waals surface area contributed by atoms with Gasteiger partial charge in [0.2, 0.25) is 0 Å². The maximum absolute atomic E-state index is 12.5. The standard InChI is InChI=1S/C23H24N2O3S/c1-23(2,3)18-11-9-17(10-12-18)22(26)24-19-13-15-21(16-14-19)29(27,28)25-20-7-5-4-6-8-20/h4-16,25H,1-3H3,(H,24,26). The van der Waals surface area contributed by atoms with E-state index in [-0.39, 0.29) is 16.2 Å². The summed E-state index contributed by atoms with van der Waals surface area (Å²) in [6.07, 6.45) is 0. The highest BCUT2D eigenvalue weighted by atomic mass is 32.2. The third-order valence-corrected chi connectivity index (χ3v) is 5.86. The summed E-state index contributed by atoms with van der Waals surface area (Å²) < 4.78 is 27.5. The Bertz CT molecular complexity index is 1080. The van der Waals surface area contributed by atoms with Crippen LogP contribution in [0.1, 0.15) is 36.7 Å². The highest BCUT2D eigenvalue weighted by molar-refractivity contribution is 7.92. The first-order valence-electron chi connectivity index (χ1n) is 9.25. The van der Waals surface area contributed by atoms with E-state index in [1.165, 1.54) is 12.1 Å². The number of anilines is 2. The molecule has 0 radical (unpaired) electrons. The van der Waals surface area contributed by atoms with E-state index < -0.39 is 10.0 Å². The quantitative estimate of drug-likeness (QED) is 0.621. The molecule has 3 aromatic rings. The summed E-state index contributed by atoms with van der Waals surface area (Å²) >= 11 is 0. The molecule has 6 heteroatoms. The van der Waals surface area contributed by atoms with Gasteiger partial charge in [0.15, 0.2) is 0 Å². The van der Waals surface area contributed by atoms with Gasteiger partial charge in [-0.1, -0.05) is 51.1 Å². The van der Waals surface area contributed by atoms with Crippen LogP contribution in [-0.4, -0.2) is 14.3 Å². The Morgan fingerprint density at radius 2 is 1.34 bits per heavy atom. The summed E-state index contributed by atoms with van der Waals surface area (Å²) in [4.78, 5) is 12.6. The first-order valence-corrected chi connectivity index (χ1v) is 10.7. The molecular formula is C23H24N2O3S. The van der Waals surface area contributed by atoms with Crippen molar-refractivity contribution in [1.29, 1.82) is 0 Å². The lowest BCUT2D eigenvalue weighted by Crippen LogP contribution is -2.15. The van der Waals surface area contributed by atoms with Crippen molar-refractivity contribution in [3.05, 3.63) is 90.0 Å². The fraction of sp³-hybridized carbons (Fsp3) is 0.174. The normalized spacial score (nSPS) is 11.7. The predicted molar refractivity (Wildman–Crippen MR) is 117 cm³/mol. The van der Waals surface area contributed by atoms with Gasteiger partial charge in [-0.25, -0.2) is 8.42 Å². The molecule has 0 spiro atoms. The van der Waals surface area contributed by atoms with Crippen molar-refractivity contribution in [3.63, 3.8) is 0 Å². The van der Waals surface area contributed by atoms with Gasteiger partial charge in [0.1, 0.15) is 0 Å². The number of hydrogen-bond donors (Lipinski definition) is 2. The summed E-state index contributed by atoms with van der Waals surface area (Å²) in [5, 5.41) is 2.79. The maximum Gasteiger partial charge on any atom is 0.261 e. The number of carbonyl (C=O) groups excluding carboxylic acids is 1. The summed E-state index contributed by atoms with van der Waals surface area (Å²) in [5.41, 5.74) is 2.72. The molecule has 3 rings (SSSR count). The van der Waals surface area contributed by atoms with Crippen LogP contribution in [0.4, 0.5) is 11.4 Å². The molecular weight excluding hydrogens is 384 g/mol. The van der Waals surface area contributed by atoms with E-state index in [1.807, 2.05) is 18.2 Å². The molecule has 0 aliphatic heterocycles. The van der Waals surface area contributed by atoms with Gasteiger partial charge in [0, 0.05) is 16.9 Å². The monoisotopic (exact) mass is 408 g/mol. The summed E-state index contributed by atoms with van der Waals surface area (Å²) in [6.45, 7) is 6.35. The van der Waals surface area contributed by atoms with Crippen LogP contribution in [0.5, 0.6) is 0 Å². The first kappa shape index (κ1) is 20.6. The number of sulfonamides is 1. The lowest BCUT2D eigenvalue weighted by molar-refractivity contribution is 0.102. The summed E-state index contributed by atoms with van der Waals surface area (Å²) in [7, 11) is -3.69. The van der Waals surface area contributed by atoms with Gasteiger partial charge in [-0.3, -0.25) is 9.52 Å². The Balaban J connectivity index is 1.69. The highest BCUT2D eigenvalue weighted by Crippen LogP contribution is 2.23. The molecule has 0 heterocycles. The number of para-hydroxylation sites is 1. The van der Waals surface area contributed by atoms with Crippen molar-refractivity contribution in [2.45, 2.75) is 31.1 Å². The topological polar surface area (TPSA) is 75.3 Å². The Hall–Kier alpha value is -3.12. The van der Waals surface area contributed by atoms with Crippen molar-refractivity contribution >= 4 is 27.3 Å². The average molecular weight is 409 g/mol. The van der Waals surface area contributed by atoms with Crippen LogP contribution in [0.2, 0.25) is 0 Å². The smallest absolute Gasteiger partial charge is 0.261 e. The number of carbonyl (C=O) groups is 1. The molecule has 0 saturated carbocycles. The zero-order valence-corrected chi connectivity index (χ0v) is 17.5. The van der Waals surface area contributed by atoms with E-state index in [2.05, 4.69) is 30.8 Å². The predicted octanol–water partition coefficient (Wildman–Crippen LogP) is 5.04. The largest absolute Gasteiger partial charge is 0.322 e. The summed E-state index contributed by atoms with van der Waals surface area (Å²) in [5.74, 6) is -0.247. The van der Waals surface area contributed by atoms with Crippen molar-refractivity contribution in [1.82, 2.24) is 0 Å². The molecule has 0 aliphatic rings. The molecule has 29 heavy (non-hydrogen) atoms. The zero-order valence-electron chi connectivity index (χ0n) is 16.6. The van der Waals surface area contributed by atoms with Crippen LogP contribution in [0.3, 0.4) is 0 Å². The molecule has 0 aliphatic carbocycles. The van der Waals surface area contributed by atoms with E-state index in [0.717, 1.165) is 5.56 Å². The number of nitrogens with one attached hydrogen (secondary N) is 2. The van der Waals surface area contributed by atoms with Gasteiger partial charge in [0.05, 0.1) is 4.90 Å². The molecule has 3 aromatic carbocycles. The highest BCUT2D eigenvalue weighted by Gasteiger charge is 2.16. The van der Waals surface area contributed by atoms with Crippen LogP contribution < -0.4 is 10.0 Å². The van der Waals surface area contributed by atoms with Gasteiger partial charge in [-0.05, 0) is 59.5 Å². The van der Waals surface area contributed by atoms with Gasteiger partial charge < -0.3 is 5.32 Å². The van der Waals surface area contributed by atoms with Crippen LogP contribution in [0, 0.1) is 0 Å². The van der Waals surface area contributed by atoms with Crippen LogP contribution in [-0.2, 0) is 15.4 Å². The van der Waals surface area contributed by atoms with Crippen LogP contribution >= 0.6 is 0 Å². The molecule has 0 atom stereocenters. The second-order valence-electron chi connectivity index (χ2n) is 7.78. The lowest BCUT2D eigenvalue weighted by Gasteiger charge is -2.19.